The Balaban J connectivity index is 0.00000241. The third-order valence-corrected chi connectivity index (χ3v) is 7.54. The van der Waals surface area contributed by atoms with Gasteiger partial charge in [-0.1, -0.05) is 79.9 Å². The molecule has 2 aliphatic heterocycles. The van der Waals surface area contributed by atoms with Gasteiger partial charge in [-0.15, -0.1) is 5.56 Å². The molecule has 0 unspecified atom stereocenters. The number of aryl methyl sites for hydroxylation is 1. The standard InChI is InChI=1S/C31H32N2.Ir/c1-21(2)32-20-33-29-17-14-22(3)18-27(29)26-16-15-25(23-10-6-4-7-11-23)19-28(26)31(33)30(32)24-12-8-5-9-13-24;/h5,8-9,12-16,18-21,23H,4,6-7,10-11H2,1-3H3;/q-2;. The molecule has 1 aliphatic carbocycles. The van der Waals surface area contributed by atoms with E-state index >= 15 is 0 Å². The molecule has 1 fully saturated rings. The van der Waals surface area contributed by atoms with Crippen LogP contribution in [0.3, 0.4) is 0 Å². The van der Waals surface area contributed by atoms with Gasteiger partial charge < -0.3 is 9.80 Å². The average Bonchev–Trinajstić information content (AvgIpc) is 3.26. The summed E-state index contributed by atoms with van der Waals surface area (Å²) in [6, 6.07) is 26.6. The number of benzene rings is 3. The number of nitrogens with zero attached hydrogens (tertiary/aromatic N) is 2. The average molecular weight is 625 g/mol. The van der Waals surface area contributed by atoms with Crippen molar-refractivity contribution in [3.63, 3.8) is 0 Å². The van der Waals surface area contributed by atoms with Gasteiger partial charge in [0.1, 0.15) is 0 Å². The zero-order valence-electron chi connectivity index (χ0n) is 20.3. The zero-order valence-corrected chi connectivity index (χ0v) is 22.7. The van der Waals surface area contributed by atoms with Crippen LogP contribution < -0.4 is 4.90 Å². The summed E-state index contributed by atoms with van der Waals surface area (Å²) < 4.78 is 0. The van der Waals surface area contributed by atoms with Crippen molar-refractivity contribution in [3.8, 4) is 11.1 Å². The molecule has 3 heteroatoms. The van der Waals surface area contributed by atoms with E-state index < -0.39 is 0 Å². The van der Waals surface area contributed by atoms with Crippen LogP contribution in [0, 0.1) is 19.7 Å². The second kappa shape index (κ2) is 9.36. The van der Waals surface area contributed by atoms with Crippen LogP contribution in [0.15, 0.2) is 60.7 Å². The summed E-state index contributed by atoms with van der Waals surface area (Å²) in [4.78, 5) is 4.83. The summed E-state index contributed by atoms with van der Waals surface area (Å²) >= 11 is 0. The molecule has 2 heterocycles. The summed E-state index contributed by atoms with van der Waals surface area (Å²) in [6.45, 7) is 9.01. The van der Waals surface area contributed by atoms with Gasteiger partial charge in [-0.3, -0.25) is 0 Å². The van der Waals surface area contributed by atoms with Gasteiger partial charge in [-0.25, -0.2) is 0 Å². The summed E-state index contributed by atoms with van der Waals surface area (Å²) in [5.41, 5.74) is 11.8. The second-order valence-electron chi connectivity index (χ2n) is 10.1. The van der Waals surface area contributed by atoms with Crippen molar-refractivity contribution in [2.24, 2.45) is 0 Å². The van der Waals surface area contributed by atoms with E-state index in [1.54, 1.807) is 0 Å². The normalized spacial score (nSPS) is 17.4. The van der Waals surface area contributed by atoms with Crippen LogP contribution in [0.4, 0.5) is 5.69 Å². The van der Waals surface area contributed by atoms with E-state index in [0.29, 0.717) is 12.0 Å². The second-order valence-corrected chi connectivity index (χ2v) is 10.1. The Morgan fingerprint density at radius 1 is 0.882 bits per heavy atom. The minimum absolute atomic E-state index is 0. The van der Waals surface area contributed by atoms with E-state index in [-0.39, 0.29) is 20.1 Å². The summed E-state index contributed by atoms with van der Waals surface area (Å²) in [5, 5.41) is 0. The fourth-order valence-corrected chi connectivity index (χ4v) is 5.86. The molecule has 3 aromatic carbocycles. The zero-order chi connectivity index (χ0) is 22.5. The first-order chi connectivity index (χ1) is 16.1. The first-order valence-electron chi connectivity index (χ1n) is 12.5. The van der Waals surface area contributed by atoms with Crippen LogP contribution in [0.5, 0.6) is 0 Å². The van der Waals surface area contributed by atoms with E-state index in [1.807, 2.05) is 0 Å². The molecule has 2 nitrogen and oxygen atoms in total. The van der Waals surface area contributed by atoms with Crippen molar-refractivity contribution in [1.82, 2.24) is 4.90 Å². The fraction of sp³-hybridized carbons (Fsp3) is 0.323. The van der Waals surface area contributed by atoms with E-state index in [0.717, 1.165) is 5.69 Å². The minimum Gasteiger partial charge on any atom is -0.499 e. The number of fused-ring (bicyclic) bond motifs is 6. The van der Waals surface area contributed by atoms with Crippen LogP contribution >= 0.6 is 0 Å². The van der Waals surface area contributed by atoms with E-state index in [9.17, 15) is 0 Å². The number of hydrogen-bond acceptors (Lipinski definition) is 2. The molecule has 1 radical (unpaired) electrons. The Morgan fingerprint density at radius 2 is 1.65 bits per heavy atom. The van der Waals surface area contributed by atoms with Gasteiger partial charge in [0.15, 0.2) is 0 Å². The molecule has 0 saturated heterocycles. The monoisotopic (exact) mass is 625 g/mol. The Bertz CT molecular complexity index is 1220. The molecular weight excluding hydrogens is 593 g/mol. The van der Waals surface area contributed by atoms with Crippen molar-refractivity contribution >= 4 is 17.1 Å². The van der Waals surface area contributed by atoms with Gasteiger partial charge in [0.25, 0.3) is 0 Å². The van der Waals surface area contributed by atoms with Crippen LogP contribution in [0.2, 0.25) is 0 Å². The fourth-order valence-electron chi connectivity index (χ4n) is 5.86. The molecule has 1 saturated carbocycles. The van der Waals surface area contributed by atoms with Gasteiger partial charge in [0.2, 0.25) is 0 Å². The number of hydrogen-bond donors (Lipinski definition) is 0. The quantitative estimate of drug-likeness (QED) is 0.273. The molecule has 0 N–H and O–H groups in total. The maximum Gasteiger partial charge on any atom is 0.0402 e. The molecule has 34 heavy (non-hydrogen) atoms. The van der Waals surface area contributed by atoms with Crippen LogP contribution in [0.25, 0.3) is 22.5 Å². The van der Waals surface area contributed by atoms with Crippen LogP contribution in [-0.2, 0) is 20.1 Å². The van der Waals surface area contributed by atoms with Crippen molar-refractivity contribution < 1.29 is 20.1 Å². The van der Waals surface area contributed by atoms with Crippen molar-refractivity contribution in [2.45, 2.75) is 64.8 Å². The van der Waals surface area contributed by atoms with Crippen LogP contribution in [-0.4, -0.2) is 10.9 Å². The molecule has 0 amide bonds. The third kappa shape index (κ3) is 3.84. The molecule has 177 valence electrons. The van der Waals surface area contributed by atoms with Gasteiger partial charge in [-0.05, 0) is 61.4 Å². The largest absolute Gasteiger partial charge is 0.499 e. The predicted octanol–water partition coefficient (Wildman–Crippen LogP) is 8.00. The SMILES string of the molecule is Cc1c[c-]c2c(c1)-c1ccc(C3CCCCC3)cc1C1=C(c3ccccc3)N(C(C)C)[CH-]N12.[Ir]. The smallest absolute Gasteiger partial charge is 0.0402 e. The Labute approximate surface area is 218 Å². The van der Waals surface area contributed by atoms with Crippen LogP contribution in [0.1, 0.15) is 74.1 Å². The number of anilines is 1. The summed E-state index contributed by atoms with van der Waals surface area (Å²) in [6.07, 6.45) is 6.75. The Morgan fingerprint density at radius 3 is 2.38 bits per heavy atom. The minimum atomic E-state index is 0. The van der Waals surface area contributed by atoms with E-state index in [2.05, 4.69) is 104 Å². The first-order valence-corrected chi connectivity index (χ1v) is 12.5. The van der Waals surface area contributed by atoms with E-state index in [4.69, 9.17) is 0 Å². The molecule has 0 aromatic heterocycles. The first kappa shape index (κ1) is 23.4. The summed E-state index contributed by atoms with van der Waals surface area (Å²) in [5.74, 6) is 0.690. The topological polar surface area (TPSA) is 6.48 Å². The molecule has 3 aromatic rings. The van der Waals surface area contributed by atoms with Crippen molar-refractivity contribution in [1.29, 1.82) is 0 Å². The molecule has 6 rings (SSSR count). The maximum absolute atomic E-state index is 3.61. The molecular formula is C31H32IrN2-2. The molecule has 0 spiro atoms. The van der Waals surface area contributed by atoms with Crippen molar-refractivity contribution in [2.75, 3.05) is 4.90 Å². The van der Waals surface area contributed by atoms with E-state index in [1.165, 1.54) is 76.9 Å². The Kier molecular flexibility index (Phi) is 6.44. The van der Waals surface area contributed by atoms with Gasteiger partial charge in [-0.2, -0.15) is 30.4 Å². The predicted molar refractivity (Wildman–Crippen MR) is 138 cm³/mol. The molecule has 0 atom stereocenters. The van der Waals surface area contributed by atoms with Gasteiger partial charge >= 0.3 is 0 Å². The van der Waals surface area contributed by atoms with Gasteiger partial charge in [0, 0.05) is 31.5 Å². The molecule has 3 aliphatic rings. The summed E-state index contributed by atoms with van der Waals surface area (Å²) in [7, 11) is 0. The van der Waals surface area contributed by atoms with Gasteiger partial charge in [0.05, 0.1) is 0 Å². The number of rotatable bonds is 3. The molecule has 0 bridgehead atoms. The third-order valence-electron chi connectivity index (χ3n) is 7.54. The maximum atomic E-state index is 3.61. The Hall–Kier alpha value is -2.35. The van der Waals surface area contributed by atoms with Crippen molar-refractivity contribution in [3.05, 3.63) is 95.7 Å².